The SMILES string of the molecule is CO[C@@H]1CO/C(=C/C(=O)c2ccccc2)C1. The molecule has 1 aliphatic heterocycles. The van der Waals surface area contributed by atoms with Gasteiger partial charge < -0.3 is 9.47 Å². The van der Waals surface area contributed by atoms with Gasteiger partial charge in [-0.2, -0.15) is 0 Å². The van der Waals surface area contributed by atoms with E-state index in [-0.39, 0.29) is 11.9 Å². The van der Waals surface area contributed by atoms with E-state index in [1.807, 2.05) is 18.2 Å². The van der Waals surface area contributed by atoms with Gasteiger partial charge in [0.1, 0.15) is 12.4 Å². The van der Waals surface area contributed by atoms with Crippen molar-refractivity contribution in [2.75, 3.05) is 13.7 Å². The molecule has 3 heteroatoms. The molecular formula is C13H14O3. The molecule has 0 unspecified atom stereocenters. The van der Waals surface area contributed by atoms with Gasteiger partial charge in [0.25, 0.3) is 0 Å². The molecule has 1 atom stereocenters. The number of methoxy groups -OCH3 is 1. The van der Waals surface area contributed by atoms with E-state index in [4.69, 9.17) is 9.47 Å². The Labute approximate surface area is 94.7 Å². The number of allylic oxidation sites excluding steroid dienone is 1. The molecular weight excluding hydrogens is 204 g/mol. The van der Waals surface area contributed by atoms with E-state index < -0.39 is 0 Å². The van der Waals surface area contributed by atoms with Crippen LogP contribution in [-0.2, 0) is 9.47 Å². The van der Waals surface area contributed by atoms with Gasteiger partial charge >= 0.3 is 0 Å². The molecule has 1 aromatic carbocycles. The van der Waals surface area contributed by atoms with Crippen molar-refractivity contribution in [3.8, 4) is 0 Å². The normalized spacial score (nSPS) is 22.1. The van der Waals surface area contributed by atoms with Crippen LogP contribution in [0.1, 0.15) is 16.8 Å². The van der Waals surface area contributed by atoms with Crippen molar-refractivity contribution < 1.29 is 14.3 Å². The van der Waals surface area contributed by atoms with Gasteiger partial charge in [0.2, 0.25) is 0 Å². The smallest absolute Gasteiger partial charge is 0.189 e. The number of carbonyl (C=O) groups is 1. The summed E-state index contributed by atoms with van der Waals surface area (Å²) in [7, 11) is 1.65. The molecule has 0 aromatic heterocycles. The van der Waals surface area contributed by atoms with Crippen LogP contribution in [0.15, 0.2) is 42.2 Å². The van der Waals surface area contributed by atoms with Gasteiger partial charge in [-0.1, -0.05) is 30.3 Å². The van der Waals surface area contributed by atoms with Gasteiger partial charge in [0.15, 0.2) is 5.78 Å². The summed E-state index contributed by atoms with van der Waals surface area (Å²) in [6.07, 6.45) is 2.30. The molecule has 1 saturated heterocycles. The second-order valence-corrected chi connectivity index (χ2v) is 3.71. The van der Waals surface area contributed by atoms with Crippen LogP contribution in [0.5, 0.6) is 0 Å². The van der Waals surface area contributed by atoms with Crippen LogP contribution in [0.4, 0.5) is 0 Å². The van der Waals surface area contributed by atoms with Crippen LogP contribution >= 0.6 is 0 Å². The predicted molar refractivity (Wildman–Crippen MR) is 60.2 cm³/mol. The molecule has 16 heavy (non-hydrogen) atoms. The molecule has 0 N–H and O–H groups in total. The highest BCUT2D eigenvalue weighted by atomic mass is 16.5. The monoisotopic (exact) mass is 218 g/mol. The van der Waals surface area contributed by atoms with Crippen molar-refractivity contribution in [1.82, 2.24) is 0 Å². The number of hydrogen-bond acceptors (Lipinski definition) is 3. The molecule has 1 heterocycles. The highest BCUT2D eigenvalue weighted by Crippen LogP contribution is 2.19. The van der Waals surface area contributed by atoms with Crippen molar-refractivity contribution in [3.63, 3.8) is 0 Å². The molecule has 84 valence electrons. The summed E-state index contributed by atoms with van der Waals surface area (Å²) in [4.78, 5) is 11.8. The largest absolute Gasteiger partial charge is 0.495 e. The second-order valence-electron chi connectivity index (χ2n) is 3.71. The van der Waals surface area contributed by atoms with Crippen molar-refractivity contribution in [2.45, 2.75) is 12.5 Å². The molecule has 0 saturated carbocycles. The minimum absolute atomic E-state index is 0.0210. The number of benzene rings is 1. The molecule has 1 aromatic rings. The van der Waals surface area contributed by atoms with Crippen LogP contribution in [-0.4, -0.2) is 25.6 Å². The Morgan fingerprint density at radius 3 is 2.81 bits per heavy atom. The average Bonchev–Trinajstić information content (AvgIpc) is 2.78. The minimum atomic E-state index is -0.0210. The van der Waals surface area contributed by atoms with E-state index in [1.54, 1.807) is 25.3 Å². The highest BCUT2D eigenvalue weighted by molar-refractivity contribution is 6.04. The quantitative estimate of drug-likeness (QED) is 0.576. The summed E-state index contributed by atoms with van der Waals surface area (Å²) < 4.78 is 10.5. The molecule has 0 spiro atoms. The lowest BCUT2D eigenvalue weighted by Gasteiger charge is -1.99. The van der Waals surface area contributed by atoms with Gasteiger partial charge in [0.05, 0.1) is 6.10 Å². The zero-order valence-electron chi connectivity index (χ0n) is 9.18. The first-order valence-corrected chi connectivity index (χ1v) is 5.25. The lowest BCUT2D eigenvalue weighted by atomic mass is 10.1. The van der Waals surface area contributed by atoms with E-state index in [1.165, 1.54) is 0 Å². The molecule has 0 aliphatic carbocycles. The lowest BCUT2D eigenvalue weighted by Crippen LogP contribution is -2.07. The first-order chi connectivity index (χ1) is 7.79. The second kappa shape index (κ2) is 4.94. The van der Waals surface area contributed by atoms with Crippen LogP contribution in [0.2, 0.25) is 0 Å². The van der Waals surface area contributed by atoms with Crippen molar-refractivity contribution in [2.24, 2.45) is 0 Å². The molecule has 0 radical (unpaired) electrons. The Kier molecular flexibility index (Phi) is 3.37. The zero-order valence-corrected chi connectivity index (χ0v) is 9.18. The summed E-state index contributed by atoms with van der Waals surface area (Å²) in [6, 6.07) is 9.17. The van der Waals surface area contributed by atoms with Gasteiger partial charge in [0, 0.05) is 25.2 Å². The highest BCUT2D eigenvalue weighted by Gasteiger charge is 2.21. The molecule has 1 fully saturated rings. The van der Waals surface area contributed by atoms with E-state index >= 15 is 0 Å². The molecule has 2 rings (SSSR count). The summed E-state index contributed by atoms with van der Waals surface area (Å²) in [5.74, 6) is 0.688. The Balaban J connectivity index is 2.05. The van der Waals surface area contributed by atoms with Crippen molar-refractivity contribution >= 4 is 5.78 Å². The van der Waals surface area contributed by atoms with E-state index in [9.17, 15) is 4.79 Å². The van der Waals surface area contributed by atoms with E-state index in [2.05, 4.69) is 0 Å². The summed E-state index contributed by atoms with van der Waals surface area (Å²) in [5, 5.41) is 0. The zero-order chi connectivity index (χ0) is 11.4. The average molecular weight is 218 g/mol. The summed E-state index contributed by atoms with van der Waals surface area (Å²) in [5.41, 5.74) is 0.680. The Hall–Kier alpha value is -1.61. The van der Waals surface area contributed by atoms with E-state index in [0.29, 0.717) is 24.4 Å². The molecule has 3 nitrogen and oxygen atoms in total. The Bertz CT molecular complexity index is 395. The van der Waals surface area contributed by atoms with Crippen LogP contribution in [0, 0.1) is 0 Å². The lowest BCUT2D eigenvalue weighted by molar-refractivity contribution is 0.0865. The predicted octanol–water partition coefficient (Wildman–Crippen LogP) is 2.19. The van der Waals surface area contributed by atoms with Crippen molar-refractivity contribution in [1.29, 1.82) is 0 Å². The standard InChI is InChI=1S/C13H14O3/c1-15-12-7-11(16-9-12)8-13(14)10-5-3-2-4-6-10/h2-6,8,12H,7,9H2,1H3/b11-8+/t12-/m0/s1. The third kappa shape index (κ3) is 2.49. The van der Waals surface area contributed by atoms with Crippen LogP contribution in [0.25, 0.3) is 0 Å². The van der Waals surface area contributed by atoms with Gasteiger partial charge in [-0.3, -0.25) is 4.79 Å². The maximum absolute atomic E-state index is 11.8. The first-order valence-electron chi connectivity index (χ1n) is 5.25. The third-order valence-electron chi connectivity index (χ3n) is 2.57. The van der Waals surface area contributed by atoms with Gasteiger partial charge in [-0.15, -0.1) is 0 Å². The number of carbonyl (C=O) groups excluding carboxylic acids is 1. The van der Waals surface area contributed by atoms with Gasteiger partial charge in [-0.25, -0.2) is 0 Å². The summed E-state index contributed by atoms with van der Waals surface area (Å²) in [6.45, 7) is 0.532. The van der Waals surface area contributed by atoms with E-state index in [0.717, 1.165) is 0 Å². The maximum Gasteiger partial charge on any atom is 0.189 e. The summed E-state index contributed by atoms with van der Waals surface area (Å²) >= 11 is 0. The molecule has 1 aliphatic rings. The fourth-order valence-corrected chi connectivity index (χ4v) is 1.63. The number of rotatable bonds is 3. The number of hydrogen-bond donors (Lipinski definition) is 0. The topological polar surface area (TPSA) is 35.5 Å². The van der Waals surface area contributed by atoms with Crippen molar-refractivity contribution in [3.05, 3.63) is 47.7 Å². The van der Waals surface area contributed by atoms with Gasteiger partial charge in [-0.05, 0) is 0 Å². The third-order valence-corrected chi connectivity index (χ3v) is 2.57. The number of ketones is 1. The minimum Gasteiger partial charge on any atom is -0.495 e. The first kappa shape index (κ1) is 10.9. The Morgan fingerprint density at radius 1 is 1.44 bits per heavy atom. The molecule has 0 bridgehead atoms. The molecule has 0 amide bonds. The fourth-order valence-electron chi connectivity index (χ4n) is 1.63. The van der Waals surface area contributed by atoms with Crippen LogP contribution in [0.3, 0.4) is 0 Å². The fraction of sp³-hybridized carbons (Fsp3) is 0.308. The Morgan fingerprint density at radius 2 is 2.19 bits per heavy atom. The number of ether oxygens (including phenoxy) is 2. The maximum atomic E-state index is 11.8. The van der Waals surface area contributed by atoms with Crippen LogP contribution < -0.4 is 0 Å².